The van der Waals surface area contributed by atoms with Gasteiger partial charge in [0.2, 0.25) is 0 Å². The van der Waals surface area contributed by atoms with Gasteiger partial charge in [-0.05, 0) is 158 Å². The molecule has 386 valence electrons. The van der Waals surface area contributed by atoms with Crippen molar-refractivity contribution in [3.05, 3.63) is 117 Å². The minimum atomic E-state index is -1.75. The average molecular weight is 1200 g/mol. The van der Waals surface area contributed by atoms with Gasteiger partial charge < -0.3 is 27.6 Å². The third-order valence-electron chi connectivity index (χ3n) is 12.0. The Hall–Kier alpha value is -0.940. The molecule has 0 saturated heterocycles. The van der Waals surface area contributed by atoms with Gasteiger partial charge in [0.1, 0.15) is 36.2 Å². The molecule has 0 heterocycles. The largest absolute Gasteiger partial charge is 0.462 e. The van der Waals surface area contributed by atoms with Crippen molar-refractivity contribution in [2.45, 2.75) is 142 Å². The minimum Gasteiger partial charge on any atom is -0.462 e. The number of benzene rings is 4. The lowest BCUT2D eigenvalue weighted by atomic mass is 9.70. The van der Waals surface area contributed by atoms with Crippen LogP contribution in [-0.4, -0.2) is 25.2 Å². The Kier molecular flexibility index (Phi) is 21.8. The first-order valence-electron chi connectivity index (χ1n) is 22.2. The molecule has 70 heavy (non-hydrogen) atoms. The summed E-state index contributed by atoms with van der Waals surface area (Å²) < 4.78 is 35.3. The molecule has 0 N–H and O–H groups in total. The zero-order chi connectivity index (χ0) is 52.9. The molecule has 0 unspecified atom stereocenters. The van der Waals surface area contributed by atoms with Crippen LogP contribution in [0.1, 0.15) is 154 Å². The summed E-state index contributed by atoms with van der Waals surface area (Å²) in [6, 6.07) is 23.0. The predicted octanol–water partition coefficient (Wildman–Crippen LogP) is 20.4. The molecule has 0 aliphatic heterocycles. The molecule has 20 heteroatoms. The van der Waals surface area contributed by atoms with E-state index < -0.39 is 71.8 Å². The van der Waals surface area contributed by atoms with Gasteiger partial charge in [0.25, 0.3) is 27.4 Å². The quantitative estimate of drug-likeness (QED) is 0.0521. The summed E-state index contributed by atoms with van der Waals surface area (Å²) in [5.74, 6) is 1.14. The van der Waals surface area contributed by atoms with Gasteiger partial charge in [-0.2, -0.15) is 0 Å². The van der Waals surface area contributed by atoms with E-state index >= 15 is 0 Å². The highest BCUT2D eigenvalue weighted by Crippen LogP contribution is 2.55. The highest BCUT2D eigenvalue weighted by atomic mass is 35.9. The molecule has 0 aliphatic carbocycles. The Balaban J connectivity index is 1.70. The molecule has 0 aromatic heterocycles. The molecule has 0 radical (unpaired) electrons. The van der Waals surface area contributed by atoms with Gasteiger partial charge in [-0.1, -0.05) is 145 Å². The number of carbonyl (C=O) groups is 2. The fourth-order valence-corrected chi connectivity index (χ4v) is 11.2. The monoisotopic (exact) mass is 1190 g/mol. The Labute approximate surface area is 458 Å². The van der Waals surface area contributed by atoms with Crippen molar-refractivity contribution in [1.29, 1.82) is 0 Å². The van der Waals surface area contributed by atoms with Crippen LogP contribution in [-0.2, 0) is 51.6 Å². The van der Waals surface area contributed by atoms with E-state index in [2.05, 4.69) is 83.1 Å². The van der Waals surface area contributed by atoms with Gasteiger partial charge in [-0.25, -0.2) is 0 Å². The Bertz CT molecular complexity index is 2150. The third-order valence-corrected chi connectivity index (χ3v) is 15.0. The lowest BCUT2D eigenvalue weighted by Gasteiger charge is -2.34. The van der Waals surface area contributed by atoms with Crippen LogP contribution in [0.3, 0.4) is 0 Å². The van der Waals surface area contributed by atoms with Crippen LogP contribution in [0.25, 0.3) is 0 Å². The number of halogens is 8. The molecular weight excluding hydrogens is 1140 g/mol. The molecule has 0 atom stereocenters. The molecule has 0 aliphatic rings. The Morgan fingerprint density at radius 1 is 0.371 bits per heavy atom. The molecular formula is C50H62Cl8O8P4. The number of rotatable bonds is 19. The van der Waals surface area contributed by atoms with E-state index in [1.165, 1.54) is 0 Å². The van der Waals surface area contributed by atoms with Crippen molar-refractivity contribution in [2.75, 3.05) is 13.2 Å². The smallest absolute Gasteiger partial charge is 0.307 e. The van der Waals surface area contributed by atoms with E-state index in [4.69, 9.17) is 117 Å². The highest BCUT2D eigenvalue weighted by molar-refractivity contribution is 8.01. The summed E-state index contributed by atoms with van der Waals surface area (Å²) >= 11 is 49.2. The zero-order valence-electron chi connectivity index (χ0n) is 41.8. The van der Waals surface area contributed by atoms with E-state index in [0.29, 0.717) is 23.0 Å². The first-order chi connectivity index (χ1) is 32.1. The van der Waals surface area contributed by atoms with Crippen LogP contribution in [0.15, 0.2) is 72.8 Å². The van der Waals surface area contributed by atoms with Gasteiger partial charge in [0, 0.05) is 33.1 Å². The Morgan fingerprint density at radius 3 is 0.743 bits per heavy atom. The van der Waals surface area contributed by atoms with Crippen LogP contribution in [0, 0.1) is 0 Å². The topological polar surface area (TPSA) is 89.5 Å². The normalized spacial score (nSPS) is 13.0. The first kappa shape index (κ1) is 61.6. The van der Waals surface area contributed by atoms with Crippen molar-refractivity contribution in [1.82, 2.24) is 0 Å². The van der Waals surface area contributed by atoms with Crippen LogP contribution in [0.5, 0.6) is 23.0 Å². The lowest BCUT2D eigenvalue weighted by Crippen LogP contribution is -2.31. The van der Waals surface area contributed by atoms with Crippen LogP contribution >= 0.6 is 117 Å². The fraction of sp³-hybridized carbons (Fsp3) is 0.480. The standard InChI is InChI=1S/C50H62Cl8O8P4/c1-45(2,3)35-25-31(15-19-39(35)63-67(51)52)49(13,32-16-20-40(64-68(53)54)36(26-32)46(4,5)6)29-43(59)61-23-24-62-44(60)30-50(14,33-17-21-41(65-69(55)56)37(27-33)47(7,8)9)34-18-22-42(66-70(57)58)38(28-34)48(10,11)12/h15-22,25-28H,23-24,29-30H2,1-14H3. The number of ether oxygens (including phenoxy) is 2. The van der Waals surface area contributed by atoms with E-state index in [1.54, 1.807) is 0 Å². The predicted molar refractivity (Wildman–Crippen MR) is 302 cm³/mol. The van der Waals surface area contributed by atoms with Gasteiger partial charge >= 0.3 is 11.9 Å². The van der Waals surface area contributed by atoms with E-state index in [9.17, 15) is 9.59 Å². The molecule has 4 rings (SSSR count). The first-order valence-corrected chi connectivity index (χ1v) is 34.4. The van der Waals surface area contributed by atoms with Crippen molar-refractivity contribution in [3.8, 4) is 23.0 Å². The van der Waals surface area contributed by atoms with Gasteiger partial charge in [0.15, 0.2) is 0 Å². The van der Waals surface area contributed by atoms with Crippen molar-refractivity contribution >= 4 is 129 Å². The van der Waals surface area contributed by atoms with Crippen molar-refractivity contribution in [3.63, 3.8) is 0 Å². The molecule has 0 fully saturated rings. The maximum atomic E-state index is 14.1. The minimum absolute atomic E-state index is 0.0850. The zero-order valence-corrected chi connectivity index (χ0v) is 51.5. The molecule has 4 aromatic rings. The van der Waals surface area contributed by atoms with Crippen molar-refractivity contribution in [2.24, 2.45) is 0 Å². The molecule has 0 bridgehead atoms. The second-order valence-electron chi connectivity index (χ2n) is 21.5. The summed E-state index contributed by atoms with van der Waals surface area (Å²) in [6.07, 6.45) is -0.170. The second-order valence-corrected chi connectivity index (χ2v) is 33.3. The summed E-state index contributed by atoms with van der Waals surface area (Å²) in [7, 11) is 0. The van der Waals surface area contributed by atoms with Gasteiger partial charge in [-0.15, -0.1) is 0 Å². The van der Waals surface area contributed by atoms with Gasteiger partial charge in [-0.3, -0.25) is 9.59 Å². The molecule has 0 amide bonds. The number of hydrogen-bond acceptors (Lipinski definition) is 8. The molecule has 0 spiro atoms. The van der Waals surface area contributed by atoms with E-state index in [0.717, 1.165) is 44.5 Å². The third kappa shape index (κ3) is 16.8. The van der Waals surface area contributed by atoms with E-state index in [1.807, 2.05) is 86.6 Å². The summed E-state index contributed by atoms with van der Waals surface area (Å²) in [4.78, 5) is 28.2. The number of carbonyl (C=O) groups excluding carboxylic acids is 2. The Morgan fingerprint density at radius 2 is 0.571 bits per heavy atom. The summed E-state index contributed by atoms with van der Waals surface area (Å²) in [6.45, 7) is 21.2. The SMILES string of the molecule is CC(C)(C)c1cc(C(C)(CC(=O)OCCOC(=O)CC(C)(c2ccc(OP(Cl)Cl)c(C(C)(C)C)c2)c2ccc(OP(Cl)Cl)c(C(C)(C)C)c2)c2ccc(OP(Cl)Cl)c(C(C)(C)C)c2)ccc1OP(Cl)Cl. The number of hydrogen-bond donors (Lipinski definition) is 0. The average Bonchev–Trinajstić information content (AvgIpc) is 3.20. The molecule has 0 saturated carbocycles. The summed E-state index contributed by atoms with van der Waals surface area (Å²) in [5, 5.41) is 0. The summed E-state index contributed by atoms with van der Waals surface area (Å²) in [5.41, 5.74) is 3.14. The maximum Gasteiger partial charge on any atom is 0.307 e. The van der Waals surface area contributed by atoms with Crippen LogP contribution in [0.4, 0.5) is 0 Å². The lowest BCUT2D eigenvalue weighted by molar-refractivity contribution is -0.153. The van der Waals surface area contributed by atoms with E-state index in [-0.39, 0.29) is 26.1 Å². The number of esters is 2. The maximum absolute atomic E-state index is 14.1. The highest BCUT2D eigenvalue weighted by Gasteiger charge is 2.38. The fourth-order valence-electron chi connectivity index (χ4n) is 8.19. The van der Waals surface area contributed by atoms with Crippen LogP contribution in [0.2, 0.25) is 0 Å². The van der Waals surface area contributed by atoms with Crippen LogP contribution < -0.4 is 18.1 Å². The van der Waals surface area contributed by atoms with Gasteiger partial charge in [0.05, 0.1) is 12.8 Å². The second kappa shape index (κ2) is 24.8. The molecule has 8 nitrogen and oxygen atoms in total. The molecule has 4 aromatic carbocycles. The van der Waals surface area contributed by atoms with Crippen molar-refractivity contribution < 1.29 is 37.2 Å².